The van der Waals surface area contributed by atoms with E-state index in [2.05, 4.69) is 26.8 Å². The number of rotatable bonds is 8. The van der Waals surface area contributed by atoms with Crippen molar-refractivity contribution in [1.29, 1.82) is 0 Å². The Hall–Kier alpha value is -2.87. The molecule has 2 N–H and O–H groups in total. The van der Waals surface area contributed by atoms with E-state index in [1.165, 1.54) is 4.90 Å². The van der Waals surface area contributed by atoms with E-state index in [1.54, 1.807) is 27.4 Å². The van der Waals surface area contributed by atoms with Crippen LogP contribution in [0.3, 0.4) is 0 Å². The summed E-state index contributed by atoms with van der Waals surface area (Å²) in [7, 11) is 5.07. The van der Waals surface area contributed by atoms with Crippen LogP contribution in [0.4, 0.5) is 0 Å². The van der Waals surface area contributed by atoms with Crippen molar-refractivity contribution >= 4 is 11.9 Å². The summed E-state index contributed by atoms with van der Waals surface area (Å²) in [4.78, 5) is 17.7. The average Bonchev–Trinajstić information content (AvgIpc) is 3.20. The Morgan fingerprint density at radius 2 is 2.19 bits per heavy atom. The van der Waals surface area contributed by atoms with E-state index in [0.29, 0.717) is 19.1 Å². The van der Waals surface area contributed by atoms with Crippen LogP contribution < -0.4 is 10.6 Å². The van der Waals surface area contributed by atoms with Crippen LogP contribution in [-0.4, -0.2) is 67.4 Å². The summed E-state index contributed by atoms with van der Waals surface area (Å²) >= 11 is 0. The molecule has 0 aliphatic heterocycles. The molecule has 1 unspecified atom stereocenters. The van der Waals surface area contributed by atoms with Crippen molar-refractivity contribution in [3.8, 4) is 5.69 Å². The van der Waals surface area contributed by atoms with Crippen molar-refractivity contribution < 1.29 is 9.53 Å². The lowest BCUT2D eigenvalue weighted by molar-refractivity contribution is -0.127. The third kappa shape index (κ3) is 6.41. The largest absolute Gasteiger partial charge is 0.383 e. The van der Waals surface area contributed by atoms with Gasteiger partial charge in [-0.2, -0.15) is 5.10 Å². The van der Waals surface area contributed by atoms with Crippen molar-refractivity contribution in [3.63, 3.8) is 0 Å². The minimum absolute atomic E-state index is 0.0104. The number of guanidine groups is 1. The first-order valence-electron chi connectivity index (χ1n) is 8.85. The van der Waals surface area contributed by atoms with Crippen LogP contribution in [0.25, 0.3) is 5.69 Å². The van der Waals surface area contributed by atoms with Gasteiger partial charge in [0.15, 0.2) is 5.96 Å². The Morgan fingerprint density at radius 1 is 1.37 bits per heavy atom. The highest BCUT2D eigenvalue weighted by atomic mass is 16.5. The Kier molecular flexibility index (Phi) is 7.81. The van der Waals surface area contributed by atoms with Gasteiger partial charge in [-0.05, 0) is 30.7 Å². The van der Waals surface area contributed by atoms with E-state index in [9.17, 15) is 4.79 Å². The molecule has 1 atom stereocenters. The summed E-state index contributed by atoms with van der Waals surface area (Å²) in [5, 5.41) is 10.8. The molecule has 8 nitrogen and oxygen atoms in total. The number of nitrogens with one attached hydrogen (secondary N) is 2. The zero-order chi connectivity index (χ0) is 19.6. The zero-order valence-electron chi connectivity index (χ0n) is 16.3. The van der Waals surface area contributed by atoms with Crippen LogP contribution in [-0.2, 0) is 9.53 Å². The number of hydrogen-bond donors (Lipinski definition) is 2. The second kappa shape index (κ2) is 10.3. The lowest BCUT2D eigenvalue weighted by Gasteiger charge is -2.19. The zero-order valence-corrected chi connectivity index (χ0v) is 16.3. The monoisotopic (exact) mass is 372 g/mol. The van der Waals surface area contributed by atoms with Gasteiger partial charge in [-0.25, -0.2) is 9.67 Å². The number of aromatic nitrogens is 2. The number of ether oxygens (including phenoxy) is 1. The molecule has 0 saturated carbocycles. The lowest BCUT2D eigenvalue weighted by Crippen LogP contribution is -2.41. The quantitative estimate of drug-likeness (QED) is 0.413. The smallest absolute Gasteiger partial charge is 0.243 e. The van der Waals surface area contributed by atoms with E-state index in [0.717, 1.165) is 11.3 Å². The molecule has 0 fully saturated rings. The number of carbonyl (C=O) groups is 1. The fourth-order valence-corrected chi connectivity index (χ4v) is 2.36. The van der Waals surface area contributed by atoms with Gasteiger partial charge in [-0.1, -0.05) is 12.1 Å². The summed E-state index contributed by atoms with van der Waals surface area (Å²) in [6, 6.07) is 10.00. The van der Waals surface area contributed by atoms with Gasteiger partial charge in [0.2, 0.25) is 5.91 Å². The minimum atomic E-state index is -0.0591. The molecule has 1 aromatic carbocycles. The molecule has 0 radical (unpaired) electrons. The molecule has 2 rings (SSSR count). The lowest BCUT2D eigenvalue weighted by atomic mass is 10.1. The van der Waals surface area contributed by atoms with Crippen LogP contribution in [0.2, 0.25) is 0 Å². The van der Waals surface area contributed by atoms with Gasteiger partial charge >= 0.3 is 0 Å². The Balaban J connectivity index is 2.09. The molecule has 0 aliphatic carbocycles. The summed E-state index contributed by atoms with van der Waals surface area (Å²) in [5.74, 6) is 0.510. The van der Waals surface area contributed by atoms with Crippen LogP contribution in [0.5, 0.6) is 0 Å². The van der Waals surface area contributed by atoms with Gasteiger partial charge in [-0.3, -0.25) is 4.79 Å². The molecule has 0 spiro atoms. The second-order valence-corrected chi connectivity index (χ2v) is 6.28. The molecule has 1 heterocycles. The van der Waals surface area contributed by atoms with Crippen molar-refractivity contribution in [2.24, 2.45) is 4.99 Å². The standard InChI is InChI=1S/C19H28N6O2/c1-15(16-7-5-8-17(13-16)25-11-6-9-22-25)23-19(20-10-12-27-4)21-14-18(26)24(2)3/h5-9,11,13,15H,10,12,14H2,1-4H3,(H2,20,21,23). The maximum absolute atomic E-state index is 11.8. The number of amides is 1. The van der Waals surface area contributed by atoms with Crippen LogP contribution in [0.1, 0.15) is 18.5 Å². The maximum Gasteiger partial charge on any atom is 0.243 e. The summed E-state index contributed by atoms with van der Waals surface area (Å²) in [6.07, 6.45) is 3.66. The molecule has 0 saturated heterocycles. The molecule has 1 amide bonds. The molecule has 8 heteroatoms. The summed E-state index contributed by atoms with van der Waals surface area (Å²) in [6.45, 7) is 3.27. The number of aliphatic imine (C=N–C) groups is 1. The van der Waals surface area contributed by atoms with Crippen molar-refractivity contribution in [2.45, 2.75) is 13.0 Å². The van der Waals surface area contributed by atoms with E-state index < -0.39 is 0 Å². The van der Waals surface area contributed by atoms with Gasteiger partial charge in [-0.15, -0.1) is 0 Å². The topological polar surface area (TPSA) is 83.8 Å². The maximum atomic E-state index is 11.8. The first-order chi connectivity index (χ1) is 13.0. The van der Waals surface area contributed by atoms with Gasteiger partial charge in [0.1, 0.15) is 6.54 Å². The predicted molar refractivity (Wildman–Crippen MR) is 106 cm³/mol. The Bertz CT molecular complexity index is 742. The average molecular weight is 372 g/mol. The molecular formula is C19H28N6O2. The van der Waals surface area contributed by atoms with Gasteiger partial charge in [0.05, 0.1) is 18.3 Å². The van der Waals surface area contributed by atoms with Crippen molar-refractivity contribution in [3.05, 3.63) is 48.3 Å². The van der Waals surface area contributed by atoms with E-state index >= 15 is 0 Å². The third-order valence-corrected chi connectivity index (χ3v) is 3.96. The first kappa shape index (κ1) is 20.4. The molecule has 0 bridgehead atoms. The molecule has 146 valence electrons. The second-order valence-electron chi connectivity index (χ2n) is 6.28. The van der Waals surface area contributed by atoms with Crippen LogP contribution >= 0.6 is 0 Å². The van der Waals surface area contributed by atoms with Crippen molar-refractivity contribution in [1.82, 2.24) is 25.3 Å². The molecule has 2 aromatic rings. The number of benzene rings is 1. The predicted octanol–water partition coefficient (Wildman–Crippen LogP) is 1.20. The van der Waals surface area contributed by atoms with Gasteiger partial charge in [0, 0.05) is 40.1 Å². The first-order valence-corrected chi connectivity index (χ1v) is 8.85. The normalized spacial score (nSPS) is 12.5. The summed E-state index contributed by atoms with van der Waals surface area (Å²) < 4.78 is 6.89. The SMILES string of the molecule is COCCNC(=NCC(=O)N(C)C)NC(C)c1cccc(-n2cccn2)c1. The molecular weight excluding hydrogens is 344 g/mol. The number of likely N-dealkylation sites (N-methyl/N-ethyl adjacent to an activating group) is 1. The highest BCUT2D eigenvalue weighted by Crippen LogP contribution is 2.16. The summed E-state index contributed by atoms with van der Waals surface area (Å²) in [5.41, 5.74) is 2.07. The van der Waals surface area contributed by atoms with E-state index in [1.807, 2.05) is 42.1 Å². The Morgan fingerprint density at radius 3 is 2.85 bits per heavy atom. The van der Waals surface area contributed by atoms with Crippen LogP contribution in [0, 0.1) is 0 Å². The van der Waals surface area contributed by atoms with Gasteiger partial charge in [0.25, 0.3) is 0 Å². The molecule has 0 aliphatic rings. The minimum Gasteiger partial charge on any atom is -0.383 e. The number of methoxy groups -OCH3 is 1. The van der Waals surface area contributed by atoms with Crippen LogP contribution in [0.15, 0.2) is 47.7 Å². The third-order valence-electron chi connectivity index (χ3n) is 3.96. The highest BCUT2D eigenvalue weighted by molar-refractivity contribution is 5.85. The fraction of sp³-hybridized carbons (Fsp3) is 0.421. The number of nitrogens with zero attached hydrogens (tertiary/aromatic N) is 4. The Labute approximate surface area is 160 Å². The van der Waals surface area contributed by atoms with Crippen molar-refractivity contribution in [2.75, 3.05) is 40.9 Å². The molecule has 27 heavy (non-hydrogen) atoms. The van der Waals surface area contributed by atoms with Gasteiger partial charge < -0.3 is 20.3 Å². The molecule has 1 aromatic heterocycles. The number of hydrogen-bond acceptors (Lipinski definition) is 4. The fourth-order valence-electron chi connectivity index (χ4n) is 2.36. The van der Waals surface area contributed by atoms with E-state index in [4.69, 9.17) is 4.74 Å². The number of carbonyl (C=O) groups excluding carboxylic acids is 1. The van der Waals surface area contributed by atoms with E-state index in [-0.39, 0.29) is 18.5 Å². The highest BCUT2D eigenvalue weighted by Gasteiger charge is 2.11.